The van der Waals surface area contributed by atoms with Gasteiger partial charge in [0.2, 0.25) is 0 Å². The quantitative estimate of drug-likeness (QED) is 0.0904. The van der Waals surface area contributed by atoms with E-state index in [0.29, 0.717) is 32.5 Å². The lowest BCUT2D eigenvalue weighted by Gasteiger charge is -2.23. The van der Waals surface area contributed by atoms with Crippen LogP contribution in [0.3, 0.4) is 0 Å². The van der Waals surface area contributed by atoms with Gasteiger partial charge in [-0.05, 0) is 59.4 Å². The second kappa shape index (κ2) is 25.5. The molecule has 0 bridgehead atoms. The van der Waals surface area contributed by atoms with Gasteiger partial charge >= 0.3 is 11.9 Å². The molecule has 0 unspecified atom stereocenters. The van der Waals surface area contributed by atoms with Crippen LogP contribution in [0.1, 0.15) is 110 Å². The van der Waals surface area contributed by atoms with Crippen LogP contribution in [0.5, 0.6) is 0 Å². The third-order valence-electron chi connectivity index (χ3n) is 6.09. The topological polar surface area (TPSA) is 59.1 Å². The van der Waals surface area contributed by atoms with E-state index in [0.717, 1.165) is 64.7 Å². The molecule has 0 atom stereocenters. The number of carbonyl (C=O) groups is 2. The molecule has 0 aliphatic rings. The fourth-order valence-corrected chi connectivity index (χ4v) is 3.94. The first-order valence-electron chi connectivity index (χ1n) is 14.1. The summed E-state index contributed by atoms with van der Waals surface area (Å²) in [5, 5.41) is 0. The van der Waals surface area contributed by atoms with Crippen molar-refractivity contribution in [2.75, 3.05) is 53.5 Å². The molecule has 0 spiro atoms. The van der Waals surface area contributed by atoms with E-state index in [2.05, 4.69) is 36.7 Å². The summed E-state index contributed by atoms with van der Waals surface area (Å²) in [7, 11) is 4.17. The highest BCUT2D eigenvalue weighted by molar-refractivity contribution is 5.69. The number of terminal acetylenes is 1. The summed E-state index contributed by atoms with van der Waals surface area (Å²) in [5.41, 5.74) is 0. The van der Waals surface area contributed by atoms with Crippen molar-refractivity contribution in [3.05, 3.63) is 0 Å². The molecule has 0 radical (unpaired) electrons. The highest BCUT2D eigenvalue weighted by Gasteiger charge is 2.09. The van der Waals surface area contributed by atoms with Crippen molar-refractivity contribution >= 4 is 11.9 Å². The number of nitrogens with zero attached hydrogens (tertiary/aromatic N) is 2. The molecule has 204 valence electrons. The fourth-order valence-electron chi connectivity index (χ4n) is 3.94. The molecule has 6 heteroatoms. The number of esters is 2. The number of hydrogen-bond donors (Lipinski definition) is 0. The molecule has 0 saturated heterocycles. The maximum atomic E-state index is 11.9. The smallest absolute Gasteiger partial charge is 0.307 e. The van der Waals surface area contributed by atoms with Gasteiger partial charge in [-0.1, -0.05) is 64.7 Å². The molecular weight excluding hydrogens is 440 g/mol. The summed E-state index contributed by atoms with van der Waals surface area (Å²) in [6.07, 6.45) is 21.7. The second-order valence-electron chi connectivity index (χ2n) is 9.78. The first kappa shape index (κ1) is 33.4. The van der Waals surface area contributed by atoms with Gasteiger partial charge in [0, 0.05) is 19.4 Å². The Morgan fingerprint density at radius 1 is 0.657 bits per heavy atom. The van der Waals surface area contributed by atoms with Crippen molar-refractivity contribution in [1.29, 1.82) is 0 Å². The molecule has 0 aromatic rings. The van der Waals surface area contributed by atoms with Gasteiger partial charge in [0.15, 0.2) is 0 Å². The lowest BCUT2D eigenvalue weighted by Crippen LogP contribution is -2.31. The van der Waals surface area contributed by atoms with Gasteiger partial charge in [-0.25, -0.2) is 0 Å². The molecule has 0 aromatic carbocycles. The van der Waals surface area contributed by atoms with Crippen molar-refractivity contribution in [3.8, 4) is 12.3 Å². The van der Waals surface area contributed by atoms with Gasteiger partial charge < -0.3 is 19.3 Å². The summed E-state index contributed by atoms with van der Waals surface area (Å²) < 4.78 is 10.5. The SMILES string of the molecule is C#CCCOC(=O)CCN(CCCCCCCCOC(=O)CCCCCCCC)CCCN(C)C. The minimum atomic E-state index is -0.162. The number of carbonyl (C=O) groups excluding carboxylic acids is 2. The van der Waals surface area contributed by atoms with Crippen LogP contribution < -0.4 is 0 Å². The summed E-state index contributed by atoms with van der Waals surface area (Å²) in [4.78, 5) is 28.2. The predicted molar refractivity (Wildman–Crippen MR) is 145 cm³/mol. The van der Waals surface area contributed by atoms with Crippen LogP contribution in [0.25, 0.3) is 0 Å². The number of hydrogen-bond acceptors (Lipinski definition) is 6. The molecule has 0 aliphatic heterocycles. The monoisotopic (exact) mass is 494 g/mol. The first-order valence-corrected chi connectivity index (χ1v) is 14.1. The number of unbranched alkanes of at least 4 members (excludes halogenated alkanes) is 10. The second-order valence-corrected chi connectivity index (χ2v) is 9.78. The van der Waals surface area contributed by atoms with Crippen molar-refractivity contribution in [2.24, 2.45) is 0 Å². The van der Waals surface area contributed by atoms with E-state index in [9.17, 15) is 9.59 Å². The van der Waals surface area contributed by atoms with E-state index in [4.69, 9.17) is 15.9 Å². The van der Waals surface area contributed by atoms with Crippen molar-refractivity contribution in [3.63, 3.8) is 0 Å². The summed E-state index contributed by atoms with van der Waals surface area (Å²) in [6, 6.07) is 0. The Morgan fingerprint density at radius 3 is 1.91 bits per heavy atom. The summed E-state index contributed by atoms with van der Waals surface area (Å²) in [5.74, 6) is 2.29. The lowest BCUT2D eigenvalue weighted by molar-refractivity contribution is -0.144. The van der Waals surface area contributed by atoms with Crippen LogP contribution in [-0.2, 0) is 19.1 Å². The molecule has 0 fully saturated rings. The zero-order chi connectivity index (χ0) is 26.0. The Hall–Kier alpha value is -1.58. The summed E-state index contributed by atoms with van der Waals surface area (Å²) in [6.45, 7) is 6.90. The average molecular weight is 495 g/mol. The third kappa shape index (κ3) is 25.3. The van der Waals surface area contributed by atoms with E-state index in [1.54, 1.807) is 0 Å². The maximum absolute atomic E-state index is 11.9. The molecule has 0 rings (SSSR count). The largest absolute Gasteiger partial charge is 0.466 e. The van der Waals surface area contributed by atoms with E-state index < -0.39 is 0 Å². The molecule has 0 aromatic heterocycles. The Labute approximate surface area is 216 Å². The zero-order valence-electron chi connectivity index (χ0n) is 23.2. The molecule has 0 aliphatic carbocycles. The van der Waals surface area contributed by atoms with Gasteiger partial charge in [-0.15, -0.1) is 12.3 Å². The van der Waals surface area contributed by atoms with Crippen LogP contribution in [0, 0.1) is 12.3 Å². The van der Waals surface area contributed by atoms with E-state index in [1.165, 1.54) is 44.9 Å². The van der Waals surface area contributed by atoms with Crippen molar-refractivity contribution in [2.45, 2.75) is 110 Å². The Morgan fingerprint density at radius 2 is 1.23 bits per heavy atom. The molecule has 6 nitrogen and oxygen atoms in total. The molecular formula is C29H54N2O4. The standard InChI is InChI=1S/C29H54N2O4/c1-5-7-9-10-13-16-20-28(32)35-27-18-15-12-11-14-17-23-31(24-19-22-30(3)4)25-21-29(33)34-26-8-6-2/h2H,5,7-27H2,1,3-4H3. The Balaban J connectivity index is 3.79. The highest BCUT2D eigenvalue weighted by Crippen LogP contribution is 2.10. The average Bonchev–Trinajstić information content (AvgIpc) is 2.83. The number of ether oxygens (including phenoxy) is 2. The van der Waals surface area contributed by atoms with Gasteiger partial charge in [0.25, 0.3) is 0 Å². The minimum Gasteiger partial charge on any atom is -0.466 e. The molecule has 35 heavy (non-hydrogen) atoms. The predicted octanol–water partition coefficient (Wildman–Crippen LogP) is 5.83. The van der Waals surface area contributed by atoms with Crippen LogP contribution in [0.2, 0.25) is 0 Å². The van der Waals surface area contributed by atoms with Crippen LogP contribution in [0.4, 0.5) is 0 Å². The Bertz CT molecular complexity index is 545. The fraction of sp³-hybridized carbons (Fsp3) is 0.862. The Kier molecular flexibility index (Phi) is 24.4. The van der Waals surface area contributed by atoms with Crippen molar-refractivity contribution < 1.29 is 19.1 Å². The molecule has 0 saturated carbocycles. The molecule has 0 heterocycles. The first-order chi connectivity index (χ1) is 17.0. The summed E-state index contributed by atoms with van der Waals surface area (Å²) >= 11 is 0. The molecule has 0 N–H and O–H groups in total. The van der Waals surface area contributed by atoms with Crippen LogP contribution in [0.15, 0.2) is 0 Å². The lowest BCUT2D eigenvalue weighted by atomic mass is 10.1. The maximum Gasteiger partial charge on any atom is 0.307 e. The van der Waals surface area contributed by atoms with Gasteiger partial charge in [-0.2, -0.15) is 0 Å². The highest BCUT2D eigenvalue weighted by atomic mass is 16.5. The molecule has 0 amide bonds. The normalized spacial score (nSPS) is 11.1. The van der Waals surface area contributed by atoms with Gasteiger partial charge in [0.1, 0.15) is 6.61 Å². The van der Waals surface area contributed by atoms with E-state index in [-0.39, 0.29) is 11.9 Å². The minimum absolute atomic E-state index is 0.0326. The van der Waals surface area contributed by atoms with Crippen molar-refractivity contribution in [1.82, 2.24) is 9.80 Å². The zero-order valence-corrected chi connectivity index (χ0v) is 23.2. The van der Waals surface area contributed by atoms with E-state index >= 15 is 0 Å². The van der Waals surface area contributed by atoms with Crippen LogP contribution >= 0.6 is 0 Å². The number of rotatable bonds is 25. The third-order valence-corrected chi connectivity index (χ3v) is 6.09. The van der Waals surface area contributed by atoms with Gasteiger partial charge in [0.05, 0.1) is 13.0 Å². The van der Waals surface area contributed by atoms with E-state index in [1.807, 2.05) is 0 Å². The van der Waals surface area contributed by atoms with Gasteiger partial charge in [-0.3, -0.25) is 9.59 Å². The van der Waals surface area contributed by atoms with Crippen LogP contribution in [-0.4, -0.2) is 75.2 Å².